The number of hydrogen-bond donors (Lipinski definition) is 0. The zero-order valence-corrected chi connectivity index (χ0v) is 9.17. The van der Waals surface area contributed by atoms with Crippen molar-refractivity contribution in [1.82, 2.24) is 4.90 Å². The Morgan fingerprint density at radius 2 is 2.14 bits per heavy atom. The summed E-state index contributed by atoms with van der Waals surface area (Å²) in [6.07, 6.45) is 7.13. The Kier molecular flexibility index (Phi) is 3.22. The van der Waals surface area contributed by atoms with E-state index < -0.39 is 0 Å². The van der Waals surface area contributed by atoms with Crippen molar-refractivity contribution in [2.24, 2.45) is 5.92 Å². The van der Waals surface area contributed by atoms with Crippen LogP contribution in [0.3, 0.4) is 0 Å². The maximum Gasteiger partial charge on any atom is 0.137 e. The molecule has 0 aromatic carbocycles. The first-order chi connectivity index (χ1) is 6.77. The van der Waals surface area contributed by atoms with Crippen LogP contribution < -0.4 is 0 Å². The molecular formula is C12H21NO. The number of Topliss-reactive ketones (excluding diaryl/α,β-unsaturated/α-hetero) is 1. The van der Waals surface area contributed by atoms with Crippen molar-refractivity contribution >= 4 is 5.78 Å². The van der Waals surface area contributed by atoms with E-state index in [-0.39, 0.29) is 0 Å². The van der Waals surface area contributed by atoms with E-state index >= 15 is 0 Å². The van der Waals surface area contributed by atoms with E-state index in [0.717, 1.165) is 25.8 Å². The molecule has 1 saturated carbocycles. The third-order valence-electron chi connectivity index (χ3n) is 3.83. The van der Waals surface area contributed by atoms with Gasteiger partial charge in [-0.25, -0.2) is 0 Å². The van der Waals surface area contributed by atoms with Crippen LogP contribution in [0, 0.1) is 5.92 Å². The highest BCUT2D eigenvalue weighted by atomic mass is 16.1. The van der Waals surface area contributed by atoms with Crippen LogP contribution in [0.2, 0.25) is 0 Å². The van der Waals surface area contributed by atoms with Gasteiger partial charge in [0.2, 0.25) is 0 Å². The minimum absolute atomic E-state index is 0.371. The Labute approximate surface area is 86.7 Å². The zero-order valence-electron chi connectivity index (χ0n) is 9.17. The molecule has 2 nitrogen and oxygen atoms in total. The molecule has 0 spiro atoms. The van der Waals surface area contributed by atoms with Crippen LogP contribution in [0.4, 0.5) is 0 Å². The summed E-state index contributed by atoms with van der Waals surface area (Å²) in [5.41, 5.74) is 0. The van der Waals surface area contributed by atoms with Crippen molar-refractivity contribution in [2.75, 3.05) is 13.1 Å². The molecule has 80 valence electrons. The Balaban J connectivity index is 1.86. The highest BCUT2D eigenvalue weighted by Crippen LogP contribution is 2.25. The molecule has 0 bridgehead atoms. The molecule has 2 rings (SSSR count). The second-order valence-electron chi connectivity index (χ2n) is 4.90. The SMILES string of the molecule is CC1CCCCN1CC1CCCC1=O. The average Bonchev–Trinajstić information content (AvgIpc) is 2.56. The summed E-state index contributed by atoms with van der Waals surface area (Å²) in [7, 11) is 0. The summed E-state index contributed by atoms with van der Waals surface area (Å²) < 4.78 is 0. The minimum Gasteiger partial charge on any atom is -0.300 e. The molecule has 2 atom stereocenters. The van der Waals surface area contributed by atoms with Crippen molar-refractivity contribution in [2.45, 2.75) is 51.5 Å². The number of carbonyl (C=O) groups is 1. The summed E-state index contributed by atoms with van der Waals surface area (Å²) in [6, 6.07) is 0.706. The van der Waals surface area contributed by atoms with E-state index in [1.165, 1.54) is 25.8 Å². The fourth-order valence-corrected chi connectivity index (χ4v) is 2.79. The van der Waals surface area contributed by atoms with Gasteiger partial charge in [0, 0.05) is 24.9 Å². The standard InChI is InChI=1S/C12H21NO/c1-10-5-2-3-8-13(10)9-11-6-4-7-12(11)14/h10-11H,2-9H2,1H3. The smallest absolute Gasteiger partial charge is 0.137 e. The predicted octanol–water partition coefficient (Wildman–Crippen LogP) is 2.23. The molecule has 0 radical (unpaired) electrons. The number of carbonyl (C=O) groups excluding carboxylic acids is 1. The van der Waals surface area contributed by atoms with Gasteiger partial charge in [0.15, 0.2) is 0 Å². The normalized spacial score (nSPS) is 35.1. The lowest BCUT2D eigenvalue weighted by molar-refractivity contribution is -0.121. The first-order valence-electron chi connectivity index (χ1n) is 6.04. The second-order valence-corrected chi connectivity index (χ2v) is 4.90. The zero-order chi connectivity index (χ0) is 9.97. The van der Waals surface area contributed by atoms with Gasteiger partial charge in [0.1, 0.15) is 5.78 Å². The Bertz CT molecular complexity index is 214. The van der Waals surface area contributed by atoms with Gasteiger partial charge in [-0.2, -0.15) is 0 Å². The third-order valence-corrected chi connectivity index (χ3v) is 3.83. The van der Waals surface area contributed by atoms with Crippen molar-refractivity contribution < 1.29 is 4.79 Å². The number of piperidine rings is 1. The lowest BCUT2D eigenvalue weighted by Crippen LogP contribution is -2.41. The van der Waals surface area contributed by atoms with E-state index in [1.54, 1.807) is 0 Å². The molecule has 2 fully saturated rings. The molecule has 2 heteroatoms. The molecule has 2 unspecified atom stereocenters. The van der Waals surface area contributed by atoms with Crippen LogP contribution >= 0.6 is 0 Å². The molecule has 2 aliphatic rings. The Hall–Kier alpha value is -0.370. The number of ketones is 1. The molecule has 0 aromatic heterocycles. The summed E-state index contributed by atoms with van der Waals surface area (Å²) in [5.74, 6) is 0.887. The average molecular weight is 195 g/mol. The van der Waals surface area contributed by atoms with Gasteiger partial charge < -0.3 is 0 Å². The lowest BCUT2D eigenvalue weighted by Gasteiger charge is -2.34. The van der Waals surface area contributed by atoms with Gasteiger partial charge in [0.05, 0.1) is 0 Å². The maximum absolute atomic E-state index is 11.5. The largest absolute Gasteiger partial charge is 0.300 e. The topological polar surface area (TPSA) is 20.3 Å². The van der Waals surface area contributed by atoms with E-state index in [0.29, 0.717) is 17.7 Å². The molecule has 0 N–H and O–H groups in total. The van der Waals surface area contributed by atoms with Crippen LogP contribution in [0.1, 0.15) is 45.4 Å². The number of likely N-dealkylation sites (tertiary alicyclic amines) is 1. The molecule has 0 amide bonds. The highest BCUT2D eigenvalue weighted by molar-refractivity contribution is 5.83. The number of rotatable bonds is 2. The predicted molar refractivity (Wildman–Crippen MR) is 57.2 cm³/mol. The van der Waals surface area contributed by atoms with E-state index in [1.807, 2.05) is 0 Å². The van der Waals surface area contributed by atoms with E-state index in [9.17, 15) is 4.79 Å². The van der Waals surface area contributed by atoms with Crippen molar-refractivity contribution in [3.8, 4) is 0 Å². The van der Waals surface area contributed by atoms with Gasteiger partial charge in [-0.3, -0.25) is 9.69 Å². The summed E-state index contributed by atoms with van der Waals surface area (Å²) in [4.78, 5) is 14.1. The summed E-state index contributed by atoms with van der Waals surface area (Å²) >= 11 is 0. The first-order valence-corrected chi connectivity index (χ1v) is 6.04. The molecule has 1 aliphatic carbocycles. The lowest BCUT2D eigenvalue weighted by atomic mass is 10.00. The third kappa shape index (κ3) is 2.17. The first kappa shape index (κ1) is 10.2. The van der Waals surface area contributed by atoms with Crippen LogP contribution in [-0.4, -0.2) is 29.8 Å². The summed E-state index contributed by atoms with van der Waals surface area (Å²) in [6.45, 7) is 4.56. The van der Waals surface area contributed by atoms with Crippen molar-refractivity contribution in [3.63, 3.8) is 0 Å². The van der Waals surface area contributed by atoms with Crippen molar-refractivity contribution in [3.05, 3.63) is 0 Å². The summed E-state index contributed by atoms with van der Waals surface area (Å²) in [5, 5.41) is 0. The van der Waals surface area contributed by atoms with Gasteiger partial charge in [-0.1, -0.05) is 6.42 Å². The van der Waals surface area contributed by atoms with Gasteiger partial charge in [-0.15, -0.1) is 0 Å². The number of hydrogen-bond acceptors (Lipinski definition) is 2. The van der Waals surface area contributed by atoms with Gasteiger partial charge in [-0.05, 0) is 39.2 Å². The van der Waals surface area contributed by atoms with Crippen LogP contribution in [0.15, 0.2) is 0 Å². The Morgan fingerprint density at radius 1 is 1.29 bits per heavy atom. The minimum atomic E-state index is 0.371. The van der Waals surface area contributed by atoms with Crippen molar-refractivity contribution in [1.29, 1.82) is 0 Å². The van der Waals surface area contributed by atoms with E-state index in [4.69, 9.17) is 0 Å². The highest BCUT2D eigenvalue weighted by Gasteiger charge is 2.28. The molecular weight excluding hydrogens is 174 g/mol. The monoisotopic (exact) mass is 195 g/mol. The van der Waals surface area contributed by atoms with Gasteiger partial charge >= 0.3 is 0 Å². The van der Waals surface area contributed by atoms with E-state index in [2.05, 4.69) is 11.8 Å². The molecule has 0 aromatic rings. The fourth-order valence-electron chi connectivity index (χ4n) is 2.79. The van der Waals surface area contributed by atoms with Gasteiger partial charge in [0.25, 0.3) is 0 Å². The quantitative estimate of drug-likeness (QED) is 0.673. The Morgan fingerprint density at radius 3 is 2.79 bits per heavy atom. The van der Waals surface area contributed by atoms with Crippen LogP contribution in [0.5, 0.6) is 0 Å². The fraction of sp³-hybridized carbons (Fsp3) is 0.917. The van der Waals surface area contributed by atoms with Crippen LogP contribution in [-0.2, 0) is 4.79 Å². The number of nitrogens with zero attached hydrogens (tertiary/aromatic N) is 1. The maximum atomic E-state index is 11.5. The second kappa shape index (κ2) is 4.43. The molecule has 1 heterocycles. The molecule has 1 saturated heterocycles. The van der Waals surface area contributed by atoms with Crippen LogP contribution in [0.25, 0.3) is 0 Å². The molecule has 14 heavy (non-hydrogen) atoms. The molecule has 1 aliphatic heterocycles.